The highest BCUT2D eigenvalue weighted by molar-refractivity contribution is 7.25. The number of aromatic nitrogens is 1. The van der Waals surface area contributed by atoms with Crippen molar-refractivity contribution in [1.29, 1.82) is 0 Å². The fraction of sp³-hybridized carbons (Fsp3) is 0. The number of nitro benzene ring substituents is 1. The molecule has 118 valence electrons. The summed E-state index contributed by atoms with van der Waals surface area (Å²) in [5.41, 5.74) is 0.796. The number of thiophene rings is 1. The average molecular weight is 357 g/mol. The third-order valence-corrected chi connectivity index (χ3v) is 5.71. The molecular formula is C15H7N3O4S2. The summed E-state index contributed by atoms with van der Waals surface area (Å²) < 4.78 is 1.38. The lowest BCUT2D eigenvalue weighted by molar-refractivity contribution is -0.383. The zero-order chi connectivity index (χ0) is 16.8. The monoisotopic (exact) mass is 357 g/mol. The Balaban J connectivity index is 2.14. The summed E-state index contributed by atoms with van der Waals surface area (Å²) in [4.78, 5) is 26.3. The Kier molecular flexibility index (Phi) is 3.25. The van der Waals surface area contributed by atoms with Gasteiger partial charge >= 0.3 is 5.00 Å². The van der Waals surface area contributed by atoms with Crippen LogP contribution in [0.1, 0.15) is 0 Å². The first-order chi connectivity index (χ1) is 11.6. The van der Waals surface area contributed by atoms with Crippen molar-refractivity contribution in [2.45, 2.75) is 0 Å². The van der Waals surface area contributed by atoms with E-state index in [1.54, 1.807) is 6.07 Å². The standard InChI is InChI=1S/C15H7N3O4S2/c19-17(20)9-5-3-7-11-12(9)13(15(24-11)18(21)22)14-16-8-4-1-2-6-10(8)23-14/h1-7H. The maximum Gasteiger partial charge on any atom is 0.335 e. The minimum absolute atomic E-state index is 0.127. The summed E-state index contributed by atoms with van der Waals surface area (Å²) in [6.07, 6.45) is 0. The minimum Gasteiger partial charge on any atom is -0.258 e. The number of para-hydroxylation sites is 1. The maximum atomic E-state index is 11.5. The van der Waals surface area contributed by atoms with Crippen molar-refractivity contribution in [1.82, 2.24) is 4.98 Å². The number of hydrogen-bond donors (Lipinski definition) is 0. The molecule has 2 heterocycles. The van der Waals surface area contributed by atoms with Gasteiger partial charge in [-0.2, -0.15) is 0 Å². The first kappa shape index (κ1) is 14.7. The van der Waals surface area contributed by atoms with Gasteiger partial charge in [0.2, 0.25) is 0 Å². The highest BCUT2D eigenvalue weighted by Gasteiger charge is 2.30. The molecule has 0 bridgehead atoms. The number of benzene rings is 2. The molecule has 0 aliphatic heterocycles. The topological polar surface area (TPSA) is 99.2 Å². The summed E-state index contributed by atoms with van der Waals surface area (Å²) >= 11 is 2.22. The van der Waals surface area contributed by atoms with E-state index in [4.69, 9.17) is 0 Å². The predicted octanol–water partition coefficient (Wildman–Crippen LogP) is 4.99. The van der Waals surface area contributed by atoms with Crippen LogP contribution in [-0.2, 0) is 0 Å². The first-order valence-corrected chi connectivity index (χ1v) is 8.40. The van der Waals surface area contributed by atoms with E-state index in [-0.39, 0.29) is 21.6 Å². The van der Waals surface area contributed by atoms with Crippen LogP contribution in [0.2, 0.25) is 0 Å². The van der Waals surface area contributed by atoms with E-state index in [2.05, 4.69) is 4.98 Å². The molecule has 4 rings (SSSR count). The molecule has 2 aromatic heterocycles. The second-order valence-corrected chi connectivity index (χ2v) is 6.99. The van der Waals surface area contributed by atoms with Crippen molar-refractivity contribution in [3.63, 3.8) is 0 Å². The van der Waals surface area contributed by atoms with E-state index in [9.17, 15) is 20.2 Å². The Morgan fingerprint density at radius 3 is 2.33 bits per heavy atom. The SMILES string of the molecule is O=[N+]([O-])c1sc2cccc([N+](=O)[O-])c2c1-c1nc2ccccc2s1. The first-order valence-electron chi connectivity index (χ1n) is 6.76. The van der Waals surface area contributed by atoms with Gasteiger partial charge in [0.15, 0.2) is 0 Å². The van der Waals surface area contributed by atoms with Crippen LogP contribution in [-0.4, -0.2) is 14.8 Å². The molecular weight excluding hydrogens is 350 g/mol. The molecule has 0 radical (unpaired) electrons. The van der Waals surface area contributed by atoms with Crippen molar-refractivity contribution >= 4 is 53.7 Å². The third-order valence-electron chi connectivity index (χ3n) is 3.55. The van der Waals surface area contributed by atoms with Gasteiger partial charge in [0.1, 0.15) is 10.6 Å². The molecule has 0 fully saturated rings. The van der Waals surface area contributed by atoms with Gasteiger partial charge < -0.3 is 0 Å². The summed E-state index contributed by atoms with van der Waals surface area (Å²) in [6, 6.07) is 11.9. The molecule has 0 saturated heterocycles. The van der Waals surface area contributed by atoms with E-state index >= 15 is 0 Å². The Hall–Kier alpha value is -2.91. The smallest absolute Gasteiger partial charge is 0.258 e. The van der Waals surface area contributed by atoms with Gasteiger partial charge in [-0.1, -0.05) is 29.5 Å². The largest absolute Gasteiger partial charge is 0.335 e. The summed E-state index contributed by atoms with van der Waals surface area (Å²) in [5, 5.41) is 23.4. The Bertz CT molecular complexity index is 1100. The van der Waals surface area contributed by atoms with Gasteiger partial charge in [-0.25, -0.2) is 4.98 Å². The second-order valence-electron chi connectivity index (χ2n) is 4.93. The second kappa shape index (κ2) is 5.32. The number of rotatable bonds is 3. The van der Waals surface area contributed by atoms with Gasteiger partial charge in [0, 0.05) is 10.8 Å². The molecule has 7 nitrogen and oxygen atoms in total. The van der Waals surface area contributed by atoms with Crippen molar-refractivity contribution in [2.75, 3.05) is 0 Å². The van der Waals surface area contributed by atoms with Gasteiger partial charge in [0.25, 0.3) is 5.69 Å². The van der Waals surface area contributed by atoms with Crippen LogP contribution < -0.4 is 0 Å². The molecule has 0 atom stereocenters. The molecule has 2 aromatic carbocycles. The molecule has 0 unspecified atom stereocenters. The summed E-state index contributed by atoms with van der Waals surface area (Å²) in [6.45, 7) is 0. The van der Waals surface area contributed by atoms with Crippen LogP contribution in [0.4, 0.5) is 10.7 Å². The number of non-ortho nitro benzene ring substituents is 1. The summed E-state index contributed by atoms with van der Waals surface area (Å²) in [5.74, 6) is 0. The van der Waals surface area contributed by atoms with Gasteiger partial charge in [0.05, 0.1) is 25.4 Å². The fourth-order valence-corrected chi connectivity index (χ4v) is 4.70. The molecule has 0 aliphatic rings. The number of nitrogens with zero attached hydrogens (tertiary/aromatic N) is 3. The van der Waals surface area contributed by atoms with E-state index in [1.807, 2.05) is 24.3 Å². The molecule has 0 aliphatic carbocycles. The lowest BCUT2D eigenvalue weighted by atomic mass is 10.1. The predicted molar refractivity (Wildman–Crippen MR) is 93.7 cm³/mol. The van der Waals surface area contributed by atoms with Crippen LogP contribution >= 0.6 is 22.7 Å². The van der Waals surface area contributed by atoms with Crippen LogP contribution in [0.25, 0.3) is 30.9 Å². The van der Waals surface area contributed by atoms with Crippen LogP contribution in [0.3, 0.4) is 0 Å². The van der Waals surface area contributed by atoms with Gasteiger partial charge in [-0.15, -0.1) is 11.3 Å². The highest BCUT2D eigenvalue weighted by atomic mass is 32.1. The quantitative estimate of drug-likeness (QED) is 0.380. The Morgan fingerprint density at radius 1 is 0.875 bits per heavy atom. The molecule has 0 saturated carbocycles. The molecule has 0 N–H and O–H groups in total. The van der Waals surface area contributed by atoms with E-state index in [0.29, 0.717) is 15.2 Å². The maximum absolute atomic E-state index is 11.5. The normalized spacial score (nSPS) is 11.2. The lowest BCUT2D eigenvalue weighted by Gasteiger charge is -1.96. The molecule has 4 aromatic rings. The zero-order valence-corrected chi connectivity index (χ0v) is 13.5. The fourth-order valence-electron chi connectivity index (χ4n) is 2.58. The molecule has 0 spiro atoms. The highest BCUT2D eigenvalue weighted by Crippen LogP contribution is 2.48. The average Bonchev–Trinajstić information content (AvgIpc) is 3.15. The number of hydrogen-bond acceptors (Lipinski definition) is 7. The molecule has 24 heavy (non-hydrogen) atoms. The number of thiazole rings is 1. The van der Waals surface area contributed by atoms with Crippen LogP contribution in [0.5, 0.6) is 0 Å². The van der Waals surface area contributed by atoms with Crippen molar-refractivity contribution < 1.29 is 9.85 Å². The molecule has 9 heteroatoms. The third kappa shape index (κ3) is 2.14. The van der Waals surface area contributed by atoms with Crippen LogP contribution in [0.15, 0.2) is 42.5 Å². The minimum atomic E-state index is -0.518. The van der Waals surface area contributed by atoms with E-state index < -0.39 is 9.85 Å². The van der Waals surface area contributed by atoms with Gasteiger partial charge in [-0.3, -0.25) is 20.2 Å². The summed E-state index contributed by atoms with van der Waals surface area (Å²) in [7, 11) is 0. The van der Waals surface area contributed by atoms with E-state index in [0.717, 1.165) is 16.0 Å². The number of fused-ring (bicyclic) bond motifs is 2. The van der Waals surface area contributed by atoms with Crippen molar-refractivity contribution in [3.8, 4) is 10.6 Å². The Labute approximate surface area is 142 Å². The lowest BCUT2D eigenvalue weighted by Crippen LogP contribution is -1.91. The number of nitro groups is 2. The van der Waals surface area contributed by atoms with Crippen molar-refractivity contribution in [2.24, 2.45) is 0 Å². The zero-order valence-electron chi connectivity index (χ0n) is 11.8. The van der Waals surface area contributed by atoms with E-state index in [1.165, 1.54) is 23.5 Å². The van der Waals surface area contributed by atoms with Crippen molar-refractivity contribution in [3.05, 3.63) is 62.7 Å². The molecule has 0 amide bonds. The van der Waals surface area contributed by atoms with Gasteiger partial charge in [-0.05, 0) is 18.2 Å². The van der Waals surface area contributed by atoms with Crippen LogP contribution in [0, 0.1) is 20.2 Å². The Morgan fingerprint density at radius 2 is 1.62 bits per heavy atom.